The fourth-order valence-corrected chi connectivity index (χ4v) is 2.65. The van der Waals surface area contributed by atoms with Gasteiger partial charge in [-0.2, -0.15) is 0 Å². The Morgan fingerprint density at radius 2 is 1.86 bits per heavy atom. The maximum absolute atomic E-state index is 11.3. The first kappa shape index (κ1) is 11.5. The highest BCUT2D eigenvalue weighted by Gasteiger charge is 2.36. The fourth-order valence-electron chi connectivity index (χ4n) is 2.65. The van der Waals surface area contributed by atoms with E-state index >= 15 is 0 Å². The number of nitrogens with two attached hydrogens (primary N) is 1. The standard InChI is InChI=1S/C12H23NO/c1-7(2)10-5-8(3)9(4)11(6-10)12(13)14/h7-11H,5-6H2,1-4H3,(H2,13,14). The first-order valence-electron chi connectivity index (χ1n) is 5.72. The van der Waals surface area contributed by atoms with Crippen molar-refractivity contribution in [2.45, 2.75) is 40.5 Å². The fraction of sp³-hybridized carbons (Fsp3) is 0.917. The van der Waals surface area contributed by atoms with Crippen LogP contribution in [-0.4, -0.2) is 5.91 Å². The Balaban J connectivity index is 2.71. The first-order chi connectivity index (χ1) is 6.43. The minimum atomic E-state index is -0.102. The zero-order valence-corrected chi connectivity index (χ0v) is 9.79. The van der Waals surface area contributed by atoms with Crippen molar-refractivity contribution in [3.8, 4) is 0 Å². The van der Waals surface area contributed by atoms with Crippen molar-refractivity contribution in [2.75, 3.05) is 0 Å². The number of carbonyl (C=O) groups is 1. The molecule has 0 heterocycles. The second-order valence-corrected chi connectivity index (χ2v) is 5.32. The van der Waals surface area contributed by atoms with Gasteiger partial charge in [0.25, 0.3) is 0 Å². The van der Waals surface area contributed by atoms with Crippen LogP contribution in [0.15, 0.2) is 0 Å². The Labute approximate surface area is 87.2 Å². The molecule has 1 aliphatic rings. The van der Waals surface area contributed by atoms with Gasteiger partial charge in [-0.3, -0.25) is 4.79 Å². The van der Waals surface area contributed by atoms with Crippen molar-refractivity contribution in [3.63, 3.8) is 0 Å². The minimum absolute atomic E-state index is 0.102. The van der Waals surface area contributed by atoms with Crippen LogP contribution in [0.5, 0.6) is 0 Å². The first-order valence-corrected chi connectivity index (χ1v) is 5.72. The van der Waals surface area contributed by atoms with Gasteiger partial charge < -0.3 is 5.73 Å². The van der Waals surface area contributed by atoms with Crippen LogP contribution in [0, 0.1) is 29.6 Å². The molecular formula is C12H23NO. The van der Waals surface area contributed by atoms with Crippen molar-refractivity contribution in [2.24, 2.45) is 35.3 Å². The molecule has 82 valence electrons. The van der Waals surface area contributed by atoms with Crippen molar-refractivity contribution < 1.29 is 4.79 Å². The third-order valence-electron chi connectivity index (χ3n) is 4.07. The van der Waals surface area contributed by atoms with Gasteiger partial charge in [-0.25, -0.2) is 0 Å². The summed E-state index contributed by atoms with van der Waals surface area (Å²) in [6, 6.07) is 0. The topological polar surface area (TPSA) is 43.1 Å². The number of hydrogen-bond acceptors (Lipinski definition) is 1. The van der Waals surface area contributed by atoms with Gasteiger partial charge in [-0.15, -0.1) is 0 Å². The highest BCUT2D eigenvalue weighted by Crippen LogP contribution is 2.40. The molecule has 1 aliphatic carbocycles. The summed E-state index contributed by atoms with van der Waals surface area (Å²) in [7, 11) is 0. The van der Waals surface area contributed by atoms with Crippen LogP contribution < -0.4 is 5.73 Å². The Morgan fingerprint density at radius 1 is 1.29 bits per heavy atom. The third kappa shape index (κ3) is 2.28. The van der Waals surface area contributed by atoms with Crippen LogP contribution in [0.1, 0.15) is 40.5 Å². The van der Waals surface area contributed by atoms with E-state index < -0.39 is 0 Å². The Hall–Kier alpha value is -0.530. The van der Waals surface area contributed by atoms with Crippen LogP contribution in [0.4, 0.5) is 0 Å². The summed E-state index contributed by atoms with van der Waals surface area (Å²) in [6.45, 7) is 8.89. The second kappa shape index (κ2) is 4.33. The monoisotopic (exact) mass is 197 g/mol. The van der Waals surface area contributed by atoms with E-state index in [0.29, 0.717) is 23.7 Å². The van der Waals surface area contributed by atoms with Crippen LogP contribution in [0.3, 0.4) is 0 Å². The predicted molar refractivity (Wildman–Crippen MR) is 58.6 cm³/mol. The largest absolute Gasteiger partial charge is 0.369 e. The zero-order valence-electron chi connectivity index (χ0n) is 9.79. The van der Waals surface area contributed by atoms with Crippen LogP contribution in [0.25, 0.3) is 0 Å². The van der Waals surface area contributed by atoms with E-state index in [1.165, 1.54) is 6.42 Å². The molecule has 0 aliphatic heterocycles. The van der Waals surface area contributed by atoms with Gasteiger partial charge in [0.15, 0.2) is 0 Å². The molecule has 0 aromatic carbocycles. The number of primary amides is 1. The van der Waals surface area contributed by atoms with Gasteiger partial charge in [0, 0.05) is 5.92 Å². The molecule has 1 fully saturated rings. The van der Waals surface area contributed by atoms with E-state index in [1.807, 2.05) is 0 Å². The van der Waals surface area contributed by atoms with Crippen LogP contribution in [-0.2, 0) is 4.79 Å². The van der Waals surface area contributed by atoms with E-state index in [-0.39, 0.29) is 11.8 Å². The molecule has 1 rings (SSSR count). The summed E-state index contributed by atoms with van der Waals surface area (Å²) in [6.07, 6.45) is 2.25. The highest BCUT2D eigenvalue weighted by molar-refractivity contribution is 5.77. The van der Waals surface area contributed by atoms with E-state index in [0.717, 1.165) is 6.42 Å². The van der Waals surface area contributed by atoms with Crippen molar-refractivity contribution in [1.82, 2.24) is 0 Å². The summed E-state index contributed by atoms with van der Waals surface area (Å²) in [4.78, 5) is 11.3. The van der Waals surface area contributed by atoms with Gasteiger partial charge in [-0.1, -0.05) is 27.7 Å². The molecule has 0 aromatic heterocycles. The van der Waals surface area contributed by atoms with Crippen molar-refractivity contribution >= 4 is 5.91 Å². The molecular weight excluding hydrogens is 174 g/mol. The summed E-state index contributed by atoms with van der Waals surface area (Å²) in [5.74, 6) is 2.45. The van der Waals surface area contributed by atoms with Gasteiger partial charge in [0.2, 0.25) is 5.91 Å². The molecule has 1 saturated carbocycles. The predicted octanol–water partition coefficient (Wildman–Crippen LogP) is 2.43. The molecule has 0 bridgehead atoms. The van der Waals surface area contributed by atoms with Gasteiger partial charge >= 0.3 is 0 Å². The summed E-state index contributed by atoms with van der Waals surface area (Å²) < 4.78 is 0. The van der Waals surface area contributed by atoms with Gasteiger partial charge in [0.1, 0.15) is 0 Å². The minimum Gasteiger partial charge on any atom is -0.369 e. The van der Waals surface area contributed by atoms with E-state index in [4.69, 9.17) is 5.73 Å². The number of carbonyl (C=O) groups excluding carboxylic acids is 1. The summed E-state index contributed by atoms with van der Waals surface area (Å²) >= 11 is 0. The molecule has 0 radical (unpaired) electrons. The molecule has 14 heavy (non-hydrogen) atoms. The second-order valence-electron chi connectivity index (χ2n) is 5.32. The van der Waals surface area contributed by atoms with Gasteiger partial charge in [-0.05, 0) is 36.5 Å². The van der Waals surface area contributed by atoms with Crippen molar-refractivity contribution in [1.29, 1.82) is 0 Å². The lowest BCUT2D eigenvalue weighted by atomic mass is 9.66. The molecule has 1 amide bonds. The molecule has 0 spiro atoms. The van der Waals surface area contributed by atoms with E-state index in [9.17, 15) is 4.79 Å². The van der Waals surface area contributed by atoms with Crippen LogP contribution in [0.2, 0.25) is 0 Å². The normalized spacial score (nSPS) is 38.6. The summed E-state index contributed by atoms with van der Waals surface area (Å²) in [5, 5.41) is 0. The van der Waals surface area contributed by atoms with Crippen LogP contribution >= 0.6 is 0 Å². The SMILES string of the molecule is CC(C)C1CC(C)C(C)C(C(N)=O)C1. The lowest BCUT2D eigenvalue weighted by Gasteiger charge is -2.39. The molecule has 2 nitrogen and oxygen atoms in total. The van der Waals surface area contributed by atoms with Crippen molar-refractivity contribution in [3.05, 3.63) is 0 Å². The Morgan fingerprint density at radius 3 is 2.29 bits per heavy atom. The molecule has 0 aromatic rings. The molecule has 0 saturated heterocycles. The van der Waals surface area contributed by atoms with Gasteiger partial charge in [0.05, 0.1) is 0 Å². The number of rotatable bonds is 2. The summed E-state index contributed by atoms with van der Waals surface area (Å²) in [5.41, 5.74) is 5.44. The smallest absolute Gasteiger partial charge is 0.220 e. The average Bonchev–Trinajstić information content (AvgIpc) is 2.08. The zero-order chi connectivity index (χ0) is 10.9. The quantitative estimate of drug-likeness (QED) is 0.726. The molecule has 4 atom stereocenters. The Bertz CT molecular complexity index is 212. The molecule has 4 unspecified atom stereocenters. The third-order valence-corrected chi connectivity index (χ3v) is 4.07. The lowest BCUT2D eigenvalue weighted by molar-refractivity contribution is -0.126. The maximum Gasteiger partial charge on any atom is 0.220 e. The van der Waals surface area contributed by atoms with E-state index in [2.05, 4.69) is 27.7 Å². The molecule has 2 N–H and O–H groups in total. The maximum atomic E-state index is 11.3. The molecule has 2 heteroatoms. The highest BCUT2D eigenvalue weighted by atomic mass is 16.1. The lowest BCUT2D eigenvalue weighted by Crippen LogP contribution is -2.39. The number of amides is 1. The number of hydrogen-bond donors (Lipinski definition) is 1. The average molecular weight is 197 g/mol. The Kier molecular flexibility index (Phi) is 3.57. The van der Waals surface area contributed by atoms with E-state index in [1.54, 1.807) is 0 Å².